The Balaban J connectivity index is 1.61. The highest BCUT2D eigenvalue weighted by Gasteiger charge is 2.52. The molecule has 1 aromatic rings. The fraction of sp³-hybridized carbons (Fsp3) is 0.692. The second-order valence-electron chi connectivity index (χ2n) is 5.86. The summed E-state index contributed by atoms with van der Waals surface area (Å²) in [5.74, 6) is 0.693. The molecule has 1 aromatic heterocycles. The van der Waals surface area contributed by atoms with Gasteiger partial charge in [-0.15, -0.1) is 0 Å². The van der Waals surface area contributed by atoms with E-state index < -0.39 is 0 Å². The van der Waals surface area contributed by atoms with Crippen LogP contribution in [0.4, 0.5) is 0 Å². The fourth-order valence-electron chi connectivity index (χ4n) is 3.22. The van der Waals surface area contributed by atoms with Crippen molar-refractivity contribution in [3.8, 4) is 0 Å². The van der Waals surface area contributed by atoms with E-state index in [1.165, 1.54) is 38.5 Å². The van der Waals surface area contributed by atoms with Gasteiger partial charge >= 0.3 is 0 Å². The van der Waals surface area contributed by atoms with Gasteiger partial charge in [-0.05, 0) is 54.5 Å². The first-order valence-corrected chi connectivity index (χ1v) is 7.56. The lowest BCUT2D eigenvalue weighted by atomic mass is 9.67. The van der Waals surface area contributed by atoms with Gasteiger partial charge in [0.15, 0.2) is 5.69 Å². The monoisotopic (exact) mass is 309 g/mol. The van der Waals surface area contributed by atoms with E-state index in [-0.39, 0.29) is 11.4 Å². The van der Waals surface area contributed by atoms with Crippen LogP contribution >= 0.6 is 15.9 Å². The zero-order chi connectivity index (χ0) is 12.3. The number of hydrogen-bond acceptors (Lipinski definition) is 2. The van der Waals surface area contributed by atoms with Crippen molar-refractivity contribution in [3.63, 3.8) is 0 Å². The number of amides is 1. The summed E-state index contributed by atoms with van der Waals surface area (Å²) in [4.78, 5) is 14.6. The van der Waals surface area contributed by atoms with Crippen LogP contribution < -0.4 is 0 Å². The largest absolute Gasteiger partial charge is 0.331 e. The summed E-state index contributed by atoms with van der Waals surface area (Å²) in [5, 5.41) is 7.28. The maximum absolute atomic E-state index is 12.5. The molecule has 4 rings (SSSR count). The third-order valence-electron chi connectivity index (χ3n) is 4.82. The van der Waals surface area contributed by atoms with E-state index in [1.54, 1.807) is 0 Å². The van der Waals surface area contributed by atoms with E-state index in [2.05, 4.69) is 26.1 Å². The second-order valence-corrected chi connectivity index (χ2v) is 6.65. The van der Waals surface area contributed by atoms with Crippen molar-refractivity contribution >= 4 is 21.8 Å². The topological polar surface area (TPSA) is 49.0 Å². The predicted octanol–water partition coefficient (Wildman–Crippen LogP) is 2.82. The number of rotatable bonds is 2. The number of hydrogen-bond donors (Lipinski definition) is 1. The van der Waals surface area contributed by atoms with Crippen molar-refractivity contribution < 1.29 is 4.79 Å². The second kappa shape index (κ2) is 3.59. The standard InChI is InChI=1S/C13H16BrN3O/c14-9-10(8-2-3-8)15-16-11(9)12(18)17-7-6-13(17)4-1-5-13/h8H,1-7H2,(H,15,16). The van der Waals surface area contributed by atoms with Gasteiger partial charge in [-0.1, -0.05) is 0 Å². The summed E-state index contributed by atoms with van der Waals surface area (Å²) in [6.07, 6.45) is 7.21. The molecule has 18 heavy (non-hydrogen) atoms. The van der Waals surface area contributed by atoms with Crippen molar-refractivity contribution in [1.29, 1.82) is 0 Å². The van der Waals surface area contributed by atoms with Gasteiger partial charge in [-0.3, -0.25) is 9.89 Å². The summed E-state index contributed by atoms with van der Waals surface area (Å²) < 4.78 is 0.899. The van der Waals surface area contributed by atoms with Crippen LogP contribution in [0.2, 0.25) is 0 Å². The number of aromatic nitrogens is 2. The molecule has 4 nitrogen and oxygen atoms in total. The van der Waals surface area contributed by atoms with Gasteiger partial charge in [0.1, 0.15) is 0 Å². The van der Waals surface area contributed by atoms with Gasteiger partial charge in [-0.2, -0.15) is 5.10 Å². The number of nitrogens with zero attached hydrogens (tertiary/aromatic N) is 2. The Hall–Kier alpha value is -0.840. The molecule has 96 valence electrons. The highest BCUT2D eigenvalue weighted by molar-refractivity contribution is 9.10. The Labute approximate surface area is 114 Å². The van der Waals surface area contributed by atoms with Crippen LogP contribution in [0.5, 0.6) is 0 Å². The normalized spacial score (nSPS) is 24.8. The Morgan fingerprint density at radius 3 is 2.67 bits per heavy atom. The Kier molecular flexibility index (Phi) is 2.20. The maximum atomic E-state index is 12.5. The van der Waals surface area contributed by atoms with E-state index in [4.69, 9.17) is 0 Å². The van der Waals surface area contributed by atoms with Gasteiger partial charge in [0.2, 0.25) is 0 Å². The highest BCUT2D eigenvalue weighted by Crippen LogP contribution is 2.48. The van der Waals surface area contributed by atoms with Crippen LogP contribution in [0.3, 0.4) is 0 Å². The molecule has 1 amide bonds. The van der Waals surface area contributed by atoms with E-state index in [9.17, 15) is 4.79 Å². The highest BCUT2D eigenvalue weighted by atomic mass is 79.9. The van der Waals surface area contributed by atoms with Crippen molar-refractivity contribution in [2.75, 3.05) is 6.54 Å². The third kappa shape index (κ3) is 1.37. The van der Waals surface area contributed by atoms with Gasteiger partial charge < -0.3 is 4.90 Å². The molecule has 0 aromatic carbocycles. The quantitative estimate of drug-likeness (QED) is 0.913. The number of nitrogens with one attached hydrogen (secondary N) is 1. The summed E-state index contributed by atoms with van der Waals surface area (Å²) in [5.41, 5.74) is 1.90. The lowest BCUT2D eigenvalue weighted by molar-refractivity contribution is -0.0491. The van der Waals surface area contributed by atoms with Crippen LogP contribution in [-0.4, -0.2) is 33.1 Å². The lowest BCUT2D eigenvalue weighted by Gasteiger charge is -2.58. The Morgan fingerprint density at radius 1 is 1.39 bits per heavy atom. The number of carbonyl (C=O) groups excluding carboxylic acids is 1. The molecule has 0 radical (unpaired) electrons. The number of likely N-dealkylation sites (tertiary alicyclic amines) is 1. The number of aromatic amines is 1. The average Bonchev–Trinajstić information content (AvgIpc) is 2.99. The van der Waals surface area contributed by atoms with Crippen LogP contribution in [0, 0.1) is 0 Å². The molecule has 1 saturated heterocycles. The van der Waals surface area contributed by atoms with Crippen molar-refractivity contribution in [1.82, 2.24) is 15.1 Å². The molecule has 2 saturated carbocycles. The molecule has 1 spiro atoms. The molecule has 0 bridgehead atoms. The SMILES string of the molecule is O=C(c1n[nH]c(C2CC2)c1Br)N1CCC12CCC2. The number of carbonyl (C=O) groups is 1. The van der Waals surface area contributed by atoms with E-state index in [0.29, 0.717) is 11.6 Å². The molecule has 5 heteroatoms. The molecular weight excluding hydrogens is 294 g/mol. The molecule has 1 N–H and O–H groups in total. The summed E-state index contributed by atoms with van der Waals surface area (Å²) in [7, 11) is 0. The maximum Gasteiger partial charge on any atom is 0.276 e. The minimum absolute atomic E-state index is 0.107. The van der Waals surface area contributed by atoms with Crippen molar-refractivity contribution in [3.05, 3.63) is 15.9 Å². The van der Waals surface area contributed by atoms with Crippen molar-refractivity contribution in [2.24, 2.45) is 0 Å². The fourth-order valence-corrected chi connectivity index (χ4v) is 3.89. The van der Waals surface area contributed by atoms with Crippen molar-refractivity contribution in [2.45, 2.75) is 50.0 Å². The first kappa shape index (κ1) is 11.0. The number of halogens is 1. The van der Waals surface area contributed by atoms with E-state index in [1.807, 2.05) is 4.90 Å². The zero-order valence-electron chi connectivity index (χ0n) is 10.2. The Bertz CT molecular complexity index is 511. The van der Waals surface area contributed by atoms with E-state index >= 15 is 0 Å². The third-order valence-corrected chi connectivity index (χ3v) is 5.63. The average molecular weight is 310 g/mol. The first-order valence-electron chi connectivity index (χ1n) is 6.77. The lowest BCUT2D eigenvalue weighted by Crippen LogP contribution is -2.65. The zero-order valence-corrected chi connectivity index (χ0v) is 11.8. The van der Waals surface area contributed by atoms with Gasteiger partial charge in [-0.25, -0.2) is 0 Å². The molecule has 0 unspecified atom stereocenters. The summed E-state index contributed by atoms with van der Waals surface area (Å²) >= 11 is 3.55. The van der Waals surface area contributed by atoms with Crippen LogP contribution in [0.1, 0.15) is 60.6 Å². The minimum Gasteiger partial charge on any atom is -0.331 e. The van der Waals surface area contributed by atoms with Gasteiger partial charge in [0.25, 0.3) is 5.91 Å². The minimum atomic E-state index is 0.107. The van der Waals surface area contributed by atoms with Crippen LogP contribution in [0.15, 0.2) is 4.47 Å². The molecular formula is C13H16BrN3O. The predicted molar refractivity (Wildman–Crippen MR) is 70.5 cm³/mol. The van der Waals surface area contributed by atoms with Gasteiger partial charge in [0.05, 0.1) is 10.2 Å². The Morgan fingerprint density at radius 2 is 2.17 bits per heavy atom. The first-order chi connectivity index (χ1) is 8.71. The summed E-state index contributed by atoms with van der Waals surface area (Å²) in [6, 6.07) is 0. The van der Waals surface area contributed by atoms with E-state index in [0.717, 1.165) is 16.7 Å². The molecule has 3 fully saturated rings. The summed E-state index contributed by atoms with van der Waals surface area (Å²) in [6.45, 7) is 0.900. The number of H-pyrrole nitrogens is 1. The van der Waals surface area contributed by atoms with Gasteiger partial charge in [0, 0.05) is 18.0 Å². The smallest absolute Gasteiger partial charge is 0.276 e. The molecule has 0 atom stereocenters. The van der Waals surface area contributed by atoms with Crippen LogP contribution in [-0.2, 0) is 0 Å². The molecule has 3 aliphatic rings. The van der Waals surface area contributed by atoms with Crippen LogP contribution in [0.25, 0.3) is 0 Å². The molecule has 2 aliphatic carbocycles. The molecule has 2 heterocycles. The molecule has 1 aliphatic heterocycles.